The molecule has 4 heteroatoms. The minimum atomic E-state index is -0.797. The summed E-state index contributed by atoms with van der Waals surface area (Å²) in [5.74, 6) is 0. The molecule has 0 aromatic carbocycles. The van der Waals surface area contributed by atoms with Gasteiger partial charge in [0, 0.05) is 6.04 Å². The molecule has 3 nitrogen and oxygen atoms in total. The molecule has 0 radical (unpaired) electrons. The molecule has 2 fully saturated rings. The highest BCUT2D eigenvalue weighted by molar-refractivity contribution is 5.75. The molecule has 2 amide bonds. The average molecular weight is 186 g/mol. The summed E-state index contributed by atoms with van der Waals surface area (Å²) < 4.78 is 12.4. The van der Waals surface area contributed by atoms with Crippen LogP contribution < -0.4 is 5.32 Å². The van der Waals surface area contributed by atoms with Gasteiger partial charge in [0.25, 0.3) is 0 Å². The van der Waals surface area contributed by atoms with Crippen LogP contribution in [0.25, 0.3) is 0 Å². The van der Waals surface area contributed by atoms with E-state index in [9.17, 15) is 9.18 Å². The second-order valence-electron chi connectivity index (χ2n) is 3.93. The fourth-order valence-corrected chi connectivity index (χ4v) is 1.93. The molecule has 1 aliphatic carbocycles. The monoisotopic (exact) mass is 186 g/mol. The van der Waals surface area contributed by atoms with E-state index in [0.717, 1.165) is 12.8 Å². The molecule has 13 heavy (non-hydrogen) atoms. The van der Waals surface area contributed by atoms with Gasteiger partial charge < -0.3 is 10.2 Å². The molecule has 74 valence electrons. The van der Waals surface area contributed by atoms with Crippen LogP contribution in [0.1, 0.15) is 25.7 Å². The molecule has 1 aliphatic heterocycles. The van der Waals surface area contributed by atoms with Crippen LogP contribution in [0.5, 0.6) is 0 Å². The van der Waals surface area contributed by atoms with Gasteiger partial charge in [-0.15, -0.1) is 0 Å². The number of urea groups is 1. The maximum absolute atomic E-state index is 12.4. The van der Waals surface area contributed by atoms with Crippen LogP contribution in [0.15, 0.2) is 0 Å². The van der Waals surface area contributed by atoms with Crippen molar-refractivity contribution in [2.24, 2.45) is 0 Å². The molecule has 0 atom stereocenters. The van der Waals surface area contributed by atoms with E-state index in [0.29, 0.717) is 6.04 Å². The number of amides is 2. The first kappa shape index (κ1) is 8.78. The lowest BCUT2D eigenvalue weighted by atomic mass is 10.2. The second kappa shape index (κ2) is 3.52. The van der Waals surface area contributed by atoms with Crippen molar-refractivity contribution in [2.75, 3.05) is 13.1 Å². The molecule has 0 aromatic heterocycles. The Morgan fingerprint density at radius 3 is 2.46 bits per heavy atom. The first-order chi connectivity index (χ1) is 6.25. The highest BCUT2D eigenvalue weighted by Crippen LogP contribution is 2.19. The quantitative estimate of drug-likeness (QED) is 0.657. The van der Waals surface area contributed by atoms with Gasteiger partial charge >= 0.3 is 6.03 Å². The van der Waals surface area contributed by atoms with E-state index < -0.39 is 6.17 Å². The van der Waals surface area contributed by atoms with Crippen LogP contribution in [0.2, 0.25) is 0 Å². The molecule has 1 heterocycles. The van der Waals surface area contributed by atoms with E-state index in [1.165, 1.54) is 17.7 Å². The fourth-order valence-electron chi connectivity index (χ4n) is 1.93. The van der Waals surface area contributed by atoms with Crippen LogP contribution in [0.3, 0.4) is 0 Å². The standard InChI is InChI=1S/C9H15FN2O/c10-7-5-12(6-7)9(13)11-8-3-1-2-4-8/h7-8H,1-6H2,(H,11,13). The number of carbonyl (C=O) groups excluding carboxylic acids is 1. The summed E-state index contributed by atoms with van der Waals surface area (Å²) in [7, 11) is 0. The lowest BCUT2D eigenvalue weighted by molar-refractivity contribution is 0.0882. The van der Waals surface area contributed by atoms with E-state index in [4.69, 9.17) is 0 Å². The SMILES string of the molecule is O=C(NC1CCCC1)N1CC(F)C1. The molecular formula is C9H15FN2O. The molecular weight excluding hydrogens is 171 g/mol. The van der Waals surface area contributed by atoms with E-state index in [1.54, 1.807) is 0 Å². The number of hydrogen-bond acceptors (Lipinski definition) is 1. The van der Waals surface area contributed by atoms with Crippen molar-refractivity contribution in [1.29, 1.82) is 0 Å². The number of alkyl halides is 1. The molecule has 1 saturated heterocycles. The lowest BCUT2D eigenvalue weighted by Crippen LogP contribution is -2.56. The van der Waals surface area contributed by atoms with Crippen molar-refractivity contribution in [1.82, 2.24) is 10.2 Å². The maximum Gasteiger partial charge on any atom is 0.317 e. The Balaban J connectivity index is 1.72. The van der Waals surface area contributed by atoms with E-state index in [-0.39, 0.29) is 19.1 Å². The Morgan fingerprint density at radius 1 is 1.31 bits per heavy atom. The van der Waals surface area contributed by atoms with Crippen molar-refractivity contribution in [3.63, 3.8) is 0 Å². The van der Waals surface area contributed by atoms with Crippen LogP contribution >= 0.6 is 0 Å². The average Bonchev–Trinajstić information content (AvgIpc) is 2.51. The van der Waals surface area contributed by atoms with Crippen molar-refractivity contribution in [3.8, 4) is 0 Å². The van der Waals surface area contributed by atoms with Crippen LogP contribution in [-0.2, 0) is 0 Å². The van der Waals surface area contributed by atoms with Crippen LogP contribution in [-0.4, -0.2) is 36.2 Å². The number of likely N-dealkylation sites (tertiary alicyclic amines) is 1. The predicted octanol–water partition coefficient (Wildman–Crippen LogP) is 1.29. The smallest absolute Gasteiger partial charge is 0.317 e. The Morgan fingerprint density at radius 2 is 1.92 bits per heavy atom. The Kier molecular flexibility index (Phi) is 2.38. The summed E-state index contributed by atoms with van der Waals surface area (Å²) in [5, 5.41) is 2.92. The van der Waals surface area contributed by atoms with Gasteiger partial charge in [0.1, 0.15) is 6.17 Å². The Labute approximate surface area is 77.3 Å². The number of halogens is 1. The molecule has 0 spiro atoms. The van der Waals surface area contributed by atoms with Gasteiger partial charge in [-0.25, -0.2) is 9.18 Å². The van der Waals surface area contributed by atoms with Gasteiger partial charge in [-0.3, -0.25) is 0 Å². The summed E-state index contributed by atoms with van der Waals surface area (Å²) in [5.41, 5.74) is 0. The van der Waals surface area contributed by atoms with Gasteiger partial charge in [-0.2, -0.15) is 0 Å². The minimum Gasteiger partial charge on any atom is -0.335 e. The zero-order valence-electron chi connectivity index (χ0n) is 7.63. The summed E-state index contributed by atoms with van der Waals surface area (Å²) in [4.78, 5) is 12.9. The Hall–Kier alpha value is -0.800. The summed E-state index contributed by atoms with van der Waals surface area (Å²) in [6, 6.07) is 0.256. The van der Waals surface area contributed by atoms with Crippen molar-refractivity contribution >= 4 is 6.03 Å². The second-order valence-corrected chi connectivity index (χ2v) is 3.93. The number of nitrogens with zero attached hydrogens (tertiary/aromatic N) is 1. The van der Waals surface area contributed by atoms with Gasteiger partial charge in [0.15, 0.2) is 0 Å². The highest BCUT2D eigenvalue weighted by Gasteiger charge is 2.31. The third kappa shape index (κ3) is 1.92. The summed E-state index contributed by atoms with van der Waals surface area (Å²) in [6.07, 6.45) is 3.78. The number of carbonyl (C=O) groups is 1. The molecule has 2 aliphatic rings. The van der Waals surface area contributed by atoms with Gasteiger partial charge in [0.05, 0.1) is 13.1 Å². The number of rotatable bonds is 1. The van der Waals surface area contributed by atoms with Crippen molar-refractivity contribution in [3.05, 3.63) is 0 Å². The molecule has 0 unspecified atom stereocenters. The largest absolute Gasteiger partial charge is 0.335 e. The van der Waals surface area contributed by atoms with Crippen molar-refractivity contribution < 1.29 is 9.18 Å². The molecule has 2 rings (SSSR count). The normalized spacial score (nSPS) is 24.5. The van der Waals surface area contributed by atoms with Crippen molar-refractivity contribution in [2.45, 2.75) is 37.9 Å². The molecule has 0 aromatic rings. The molecule has 1 N–H and O–H groups in total. The predicted molar refractivity (Wildman–Crippen MR) is 47.3 cm³/mol. The topological polar surface area (TPSA) is 32.3 Å². The molecule has 1 saturated carbocycles. The number of nitrogens with one attached hydrogen (secondary N) is 1. The van der Waals surface area contributed by atoms with Gasteiger partial charge in [0.2, 0.25) is 0 Å². The lowest BCUT2D eigenvalue weighted by Gasteiger charge is -2.35. The summed E-state index contributed by atoms with van der Waals surface area (Å²) in [6.45, 7) is 0.553. The zero-order valence-corrected chi connectivity index (χ0v) is 7.63. The van der Waals surface area contributed by atoms with Gasteiger partial charge in [-0.1, -0.05) is 12.8 Å². The minimum absolute atomic E-state index is 0.0826. The van der Waals surface area contributed by atoms with E-state index in [2.05, 4.69) is 5.32 Å². The van der Waals surface area contributed by atoms with Crippen LogP contribution in [0.4, 0.5) is 9.18 Å². The third-order valence-corrected chi connectivity index (χ3v) is 2.81. The first-order valence-electron chi connectivity index (χ1n) is 4.95. The van der Waals surface area contributed by atoms with E-state index >= 15 is 0 Å². The first-order valence-corrected chi connectivity index (χ1v) is 4.95. The summed E-state index contributed by atoms with van der Waals surface area (Å²) >= 11 is 0. The zero-order chi connectivity index (χ0) is 9.26. The van der Waals surface area contributed by atoms with Gasteiger partial charge in [-0.05, 0) is 12.8 Å². The van der Waals surface area contributed by atoms with E-state index in [1.807, 2.05) is 0 Å². The number of hydrogen-bond donors (Lipinski definition) is 1. The van der Waals surface area contributed by atoms with Crippen LogP contribution in [0, 0.1) is 0 Å². The molecule has 0 bridgehead atoms. The fraction of sp³-hybridized carbons (Fsp3) is 0.889. The highest BCUT2D eigenvalue weighted by atomic mass is 19.1. The Bertz CT molecular complexity index is 198. The maximum atomic E-state index is 12.4. The third-order valence-electron chi connectivity index (χ3n) is 2.81.